The van der Waals surface area contributed by atoms with Crippen molar-refractivity contribution in [1.29, 1.82) is 0 Å². The Morgan fingerprint density at radius 1 is 1.35 bits per heavy atom. The first kappa shape index (κ1) is 16.7. The van der Waals surface area contributed by atoms with Crippen LogP contribution in [0.1, 0.15) is 24.1 Å². The van der Waals surface area contributed by atoms with Crippen LogP contribution >= 0.6 is 0 Å². The number of aromatic nitrogens is 2. The van der Waals surface area contributed by atoms with E-state index in [9.17, 15) is 18.0 Å². The van der Waals surface area contributed by atoms with Gasteiger partial charge < -0.3 is 0 Å². The summed E-state index contributed by atoms with van der Waals surface area (Å²) in [4.78, 5) is 11.6. The summed E-state index contributed by atoms with van der Waals surface area (Å²) in [6, 6.07) is 10.4. The Kier molecular flexibility index (Phi) is 5.15. The van der Waals surface area contributed by atoms with Gasteiger partial charge in [-0.15, -0.1) is 0 Å². The standard InChI is InChI=1S/C15H15F3N4O/c1-11(12-5-3-2-4-6-12)9-19-20-14(23)10-22-8-7-13(21-22)15(16,17)18/h2-9,11H,10H2,1H3,(H,20,23)/b19-9-/t11-/m0/s1. The summed E-state index contributed by atoms with van der Waals surface area (Å²) in [5.74, 6) is -0.559. The molecule has 23 heavy (non-hydrogen) atoms. The Morgan fingerprint density at radius 2 is 2.04 bits per heavy atom. The van der Waals surface area contributed by atoms with Crippen LogP contribution in [-0.2, 0) is 17.5 Å². The van der Waals surface area contributed by atoms with Crippen molar-refractivity contribution < 1.29 is 18.0 Å². The highest BCUT2D eigenvalue weighted by Crippen LogP contribution is 2.27. The largest absolute Gasteiger partial charge is 0.435 e. The second kappa shape index (κ2) is 7.08. The number of alkyl halides is 3. The molecule has 0 saturated carbocycles. The molecule has 5 nitrogen and oxygen atoms in total. The maximum Gasteiger partial charge on any atom is 0.435 e. The lowest BCUT2D eigenvalue weighted by atomic mass is 10.0. The van der Waals surface area contributed by atoms with E-state index in [4.69, 9.17) is 0 Å². The SMILES string of the molecule is C[C@@H](/C=N\NC(=O)Cn1ccc(C(F)(F)F)n1)c1ccccc1. The van der Waals surface area contributed by atoms with Crippen molar-refractivity contribution in [2.24, 2.45) is 5.10 Å². The van der Waals surface area contributed by atoms with Crippen LogP contribution in [0.15, 0.2) is 47.7 Å². The Labute approximate surface area is 130 Å². The number of rotatable bonds is 5. The summed E-state index contributed by atoms with van der Waals surface area (Å²) < 4.78 is 38.1. The maximum atomic E-state index is 12.4. The molecular weight excluding hydrogens is 309 g/mol. The van der Waals surface area contributed by atoms with Crippen LogP contribution in [0.4, 0.5) is 13.2 Å². The maximum absolute atomic E-state index is 12.4. The minimum absolute atomic E-state index is 0.00182. The zero-order chi connectivity index (χ0) is 16.9. The van der Waals surface area contributed by atoms with Gasteiger partial charge in [-0.3, -0.25) is 9.48 Å². The van der Waals surface area contributed by atoms with Gasteiger partial charge in [0.25, 0.3) is 5.91 Å². The lowest BCUT2D eigenvalue weighted by Crippen LogP contribution is -2.24. The number of benzene rings is 1. The molecule has 2 rings (SSSR count). The molecule has 2 aromatic rings. The summed E-state index contributed by atoms with van der Waals surface area (Å²) >= 11 is 0. The second-order valence-corrected chi connectivity index (χ2v) is 4.91. The first-order valence-electron chi connectivity index (χ1n) is 6.84. The van der Waals surface area contributed by atoms with Crippen LogP contribution in [0.5, 0.6) is 0 Å². The highest BCUT2D eigenvalue weighted by Gasteiger charge is 2.33. The zero-order valence-electron chi connectivity index (χ0n) is 12.3. The summed E-state index contributed by atoms with van der Waals surface area (Å²) in [5, 5.41) is 7.10. The normalized spacial score (nSPS) is 13.2. The number of carbonyl (C=O) groups is 1. The molecule has 1 atom stereocenters. The molecule has 0 spiro atoms. The van der Waals surface area contributed by atoms with E-state index < -0.39 is 17.8 Å². The van der Waals surface area contributed by atoms with Gasteiger partial charge in [-0.05, 0) is 11.6 Å². The fourth-order valence-electron chi connectivity index (χ4n) is 1.85. The first-order chi connectivity index (χ1) is 10.9. The monoisotopic (exact) mass is 324 g/mol. The van der Waals surface area contributed by atoms with Crippen molar-refractivity contribution in [1.82, 2.24) is 15.2 Å². The van der Waals surface area contributed by atoms with E-state index in [-0.39, 0.29) is 12.5 Å². The van der Waals surface area contributed by atoms with Crippen molar-refractivity contribution >= 4 is 12.1 Å². The Balaban J connectivity index is 1.85. The van der Waals surface area contributed by atoms with Gasteiger partial charge in [0.05, 0.1) is 0 Å². The number of hydrazone groups is 1. The average molecular weight is 324 g/mol. The van der Waals surface area contributed by atoms with Gasteiger partial charge in [0, 0.05) is 18.3 Å². The molecule has 0 aliphatic carbocycles. The fraction of sp³-hybridized carbons (Fsp3) is 0.267. The summed E-state index contributed by atoms with van der Waals surface area (Å²) in [7, 11) is 0. The molecule has 0 saturated heterocycles. The van der Waals surface area contributed by atoms with E-state index in [2.05, 4.69) is 15.6 Å². The number of hydrogen-bond acceptors (Lipinski definition) is 3. The summed E-state index contributed by atoms with van der Waals surface area (Å²) in [6.07, 6.45) is -1.87. The van der Waals surface area contributed by atoms with Crippen LogP contribution in [0.25, 0.3) is 0 Å². The van der Waals surface area contributed by atoms with Crippen LogP contribution in [0.2, 0.25) is 0 Å². The van der Waals surface area contributed by atoms with Gasteiger partial charge >= 0.3 is 6.18 Å². The molecular formula is C15H15F3N4O. The van der Waals surface area contributed by atoms with E-state index in [1.54, 1.807) is 6.21 Å². The molecule has 0 aliphatic rings. The van der Waals surface area contributed by atoms with E-state index in [1.165, 1.54) is 0 Å². The summed E-state index contributed by atoms with van der Waals surface area (Å²) in [6.45, 7) is 1.57. The number of carbonyl (C=O) groups excluding carboxylic acids is 1. The van der Waals surface area contributed by atoms with Crippen LogP contribution in [0, 0.1) is 0 Å². The highest BCUT2D eigenvalue weighted by atomic mass is 19.4. The van der Waals surface area contributed by atoms with Gasteiger partial charge in [0.15, 0.2) is 5.69 Å². The molecule has 1 heterocycles. The molecule has 122 valence electrons. The van der Waals surface area contributed by atoms with Crippen molar-refractivity contribution in [3.05, 3.63) is 53.9 Å². The molecule has 0 unspecified atom stereocenters. The van der Waals surface area contributed by atoms with E-state index >= 15 is 0 Å². The van der Waals surface area contributed by atoms with Gasteiger partial charge in [0.2, 0.25) is 0 Å². The predicted molar refractivity (Wildman–Crippen MR) is 78.7 cm³/mol. The highest BCUT2D eigenvalue weighted by molar-refractivity contribution is 5.77. The Bertz CT molecular complexity index is 680. The number of nitrogens with one attached hydrogen (secondary N) is 1. The van der Waals surface area contributed by atoms with Gasteiger partial charge in [0.1, 0.15) is 6.54 Å². The Morgan fingerprint density at radius 3 is 2.65 bits per heavy atom. The lowest BCUT2D eigenvalue weighted by molar-refractivity contribution is -0.141. The molecule has 0 bridgehead atoms. The molecule has 1 aromatic heterocycles. The van der Waals surface area contributed by atoms with Crippen molar-refractivity contribution in [2.45, 2.75) is 25.6 Å². The number of halogens is 3. The summed E-state index contributed by atoms with van der Waals surface area (Å²) in [5.41, 5.74) is 2.27. The molecule has 1 amide bonds. The van der Waals surface area contributed by atoms with Gasteiger partial charge in [-0.25, -0.2) is 5.43 Å². The van der Waals surface area contributed by atoms with Crippen molar-refractivity contribution in [3.8, 4) is 0 Å². The third-order valence-electron chi connectivity index (χ3n) is 3.05. The zero-order valence-corrected chi connectivity index (χ0v) is 12.3. The molecule has 1 aromatic carbocycles. The molecule has 0 fully saturated rings. The minimum Gasteiger partial charge on any atom is -0.271 e. The minimum atomic E-state index is -4.52. The van der Waals surface area contributed by atoms with E-state index in [0.29, 0.717) is 0 Å². The third-order valence-corrected chi connectivity index (χ3v) is 3.05. The van der Waals surface area contributed by atoms with E-state index in [1.807, 2.05) is 37.3 Å². The van der Waals surface area contributed by atoms with Gasteiger partial charge in [-0.2, -0.15) is 23.4 Å². The van der Waals surface area contributed by atoms with Crippen molar-refractivity contribution in [2.75, 3.05) is 0 Å². The quantitative estimate of drug-likeness (QED) is 0.679. The number of hydrogen-bond donors (Lipinski definition) is 1. The van der Waals surface area contributed by atoms with E-state index in [0.717, 1.165) is 22.5 Å². The molecule has 8 heteroatoms. The fourth-order valence-corrected chi connectivity index (χ4v) is 1.85. The smallest absolute Gasteiger partial charge is 0.271 e. The predicted octanol–water partition coefficient (Wildman–Crippen LogP) is 2.81. The Hall–Kier alpha value is -2.64. The molecule has 0 aliphatic heterocycles. The van der Waals surface area contributed by atoms with Crippen molar-refractivity contribution in [3.63, 3.8) is 0 Å². The lowest BCUT2D eigenvalue weighted by Gasteiger charge is -2.05. The second-order valence-electron chi connectivity index (χ2n) is 4.91. The topological polar surface area (TPSA) is 59.3 Å². The first-order valence-corrected chi connectivity index (χ1v) is 6.84. The average Bonchev–Trinajstić information content (AvgIpc) is 2.96. The number of amides is 1. The van der Waals surface area contributed by atoms with Gasteiger partial charge in [-0.1, -0.05) is 37.3 Å². The molecule has 0 radical (unpaired) electrons. The number of nitrogens with zero attached hydrogens (tertiary/aromatic N) is 3. The third kappa shape index (κ3) is 4.94. The molecule has 1 N–H and O–H groups in total. The van der Waals surface area contributed by atoms with Crippen LogP contribution in [-0.4, -0.2) is 21.9 Å². The van der Waals surface area contributed by atoms with Crippen LogP contribution in [0.3, 0.4) is 0 Å². The van der Waals surface area contributed by atoms with Crippen LogP contribution < -0.4 is 5.43 Å².